The van der Waals surface area contributed by atoms with E-state index in [1.54, 1.807) is 0 Å². The van der Waals surface area contributed by atoms with Crippen molar-refractivity contribution in [1.29, 1.82) is 0 Å². The first-order chi connectivity index (χ1) is 8.26. The summed E-state index contributed by atoms with van der Waals surface area (Å²) in [7, 11) is 0. The van der Waals surface area contributed by atoms with Gasteiger partial charge in [-0.3, -0.25) is 0 Å². The van der Waals surface area contributed by atoms with Gasteiger partial charge in [0.25, 0.3) is 0 Å². The highest BCUT2D eigenvalue weighted by molar-refractivity contribution is 4.78. The smallest absolute Gasteiger partial charge is 0.0784 e. The summed E-state index contributed by atoms with van der Waals surface area (Å²) in [4.78, 5) is 0. The molecule has 0 saturated heterocycles. The maximum Gasteiger partial charge on any atom is 0.0784 e. The quantitative estimate of drug-likeness (QED) is 0.711. The summed E-state index contributed by atoms with van der Waals surface area (Å²) in [6, 6.07) is 0.660. The molecule has 1 rings (SSSR count). The molecule has 0 aromatic rings. The molecule has 1 aliphatic rings. The first kappa shape index (κ1) is 14.9. The average molecular weight is 243 g/mol. The Kier molecular flexibility index (Phi) is 7.82. The molecule has 0 aliphatic heterocycles. The van der Waals surface area contributed by atoms with Crippen LogP contribution < -0.4 is 5.32 Å². The fraction of sp³-hybridized carbons (Fsp3) is 1.00. The zero-order chi connectivity index (χ0) is 12.5. The van der Waals surface area contributed by atoms with Crippen LogP contribution in [0.5, 0.6) is 0 Å². The Morgan fingerprint density at radius 3 is 2.82 bits per heavy atom. The number of rotatable bonds is 8. The zero-order valence-electron chi connectivity index (χ0n) is 11.7. The van der Waals surface area contributed by atoms with Crippen molar-refractivity contribution in [2.45, 2.75) is 71.1 Å². The Bertz CT molecular complexity index is 185. The van der Waals surface area contributed by atoms with Gasteiger partial charge in [0.1, 0.15) is 0 Å². The molecule has 102 valence electrons. The van der Waals surface area contributed by atoms with Gasteiger partial charge in [0.05, 0.1) is 18.8 Å². The zero-order valence-corrected chi connectivity index (χ0v) is 11.7. The Morgan fingerprint density at radius 2 is 2.12 bits per heavy atom. The van der Waals surface area contributed by atoms with E-state index in [0.29, 0.717) is 12.1 Å². The summed E-state index contributed by atoms with van der Waals surface area (Å²) in [5.74, 6) is 0. The minimum Gasteiger partial charge on any atom is -0.379 e. The van der Waals surface area contributed by atoms with Crippen LogP contribution in [0.1, 0.15) is 52.9 Å². The van der Waals surface area contributed by atoms with Crippen LogP contribution in [0.15, 0.2) is 0 Å². The van der Waals surface area contributed by atoms with Crippen LogP contribution in [0.25, 0.3) is 0 Å². The van der Waals surface area contributed by atoms with Crippen LogP contribution in [0.3, 0.4) is 0 Å². The highest BCUT2D eigenvalue weighted by Crippen LogP contribution is 2.22. The summed E-state index contributed by atoms with van der Waals surface area (Å²) in [6.07, 6.45) is 6.83. The van der Waals surface area contributed by atoms with E-state index in [1.807, 2.05) is 6.92 Å². The molecule has 0 spiro atoms. The Morgan fingerprint density at radius 1 is 1.29 bits per heavy atom. The van der Waals surface area contributed by atoms with E-state index in [-0.39, 0.29) is 6.10 Å². The molecule has 17 heavy (non-hydrogen) atoms. The number of ether oxygens (including phenoxy) is 2. The van der Waals surface area contributed by atoms with E-state index in [0.717, 1.165) is 26.2 Å². The molecule has 1 N–H and O–H groups in total. The summed E-state index contributed by atoms with van der Waals surface area (Å²) in [5, 5.41) is 3.61. The van der Waals surface area contributed by atoms with Crippen LogP contribution in [0, 0.1) is 0 Å². The molecule has 1 aliphatic carbocycles. The molecule has 1 saturated carbocycles. The molecule has 3 nitrogen and oxygen atoms in total. The first-order valence-electron chi connectivity index (χ1n) is 7.22. The van der Waals surface area contributed by atoms with Crippen molar-refractivity contribution >= 4 is 0 Å². The van der Waals surface area contributed by atoms with E-state index in [4.69, 9.17) is 9.47 Å². The Hall–Kier alpha value is -0.120. The number of nitrogens with one attached hydrogen (secondary N) is 1. The second-order valence-electron chi connectivity index (χ2n) is 5.05. The van der Waals surface area contributed by atoms with E-state index >= 15 is 0 Å². The van der Waals surface area contributed by atoms with E-state index in [1.165, 1.54) is 25.7 Å². The van der Waals surface area contributed by atoms with Crippen LogP contribution in [0.4, 0.5) is 0 Å². The van der Waals surface area contributed by atoms with Crippen LogP contribution >= 0.6 is 0 Å². The van der Waals surface area contributed by atoms with Gasteiger partial charge in [0, 0.05) is 12.6 Å². The van der Waals surface area contributed by atoms with Gasteiger partial charge >= 0.3 is 0 Å². The van der Waals surface area contributed by atoms with Gasteiger partial charge in [-0.1, -0.05) is 6.92 Å². The topological polar surface area (TPSA) is 30.5 Å². The Labute approximate surface area is 106 Å². The molecular formula is C14H29NO2. The summed E-state index contributed by atoms with van der Waals surface area (Å²) >= 11 is 0. The molecule has 0 aromatic carbocycles. The fourth-order valence-electron chi connectivity index (χ4n) is 2.45. The molecule has 3 atom stereocenters. The normalized spacial score (nSPS) is 27.0. The molecule has 0 heterocycles. The second-order valence-corrected chi connectivity index (χ2v) is 5.05. The highest BCUT2D eigenvalue weighted by Gasteiger charge is 2.23. The number of hydrogen-bond acceptors (Lipinski definition) is 3. The van der Waals surface area contributed by atoms with Crippen molar-refractivity contribution in [1.82, 2.24) is 5.32 Å². The van der Waals surface area contributed by atoms with Crippen molar-refractivity contribution in [3.05, 3.63) is 0 Å². The fourth-order valence-corrected chi connectivity index (χ4v) is 2.45. The molecule has 3 unspecified atom stereocenters. The van der Waals surface area contributed by atoms with Crippen LogP contribution in [-0.4, -0.2) is 38.0 Å². The Balaban J connectivity index is 2.19. The lowest BCUT2D eigenvalue weighted by Gasteiger charge is -2.31. The third-order valence-electron chi connectivity index (χ3n) is 3.29. The van der Waals surface area contributed by atoms with Gasteiger partial charge in [-0.25, -0.2) is 0 Å². The van der Waals surface area contributed by atoms with Gasteiger partial charge in [0.2, 0.25) is 0 Å². The van der Waals surface area contributed by atoms with E-state index < -0.39 is 0 Å². The van der Waals surface area contributed by atoms with E-state index in [2.05, 4.69) is 19.2 Å². The molecule has 0 radical (unpaired) electrons. The third-order valence-corrected chi connectivity index (χ3v) is 3.29. The lowest BCUT2D eigenvalue weighted by atomic mass is 9.92. The predicted molar refractivity (Wildman–Crippen MR) is 71.4 cm³/mol. The minimum atomic E-state index is 0.227. The van der Waals surface area contributed by atoms with Gasteiger partial charge < -0.3 is 14.8 Å². The van der Waals surface area contributed by atoms with Crippen molar-refractivity contribution in [3.8, 4) is 0 Å². The van der Waals surface area contributed by atoms with Crippen molar-refractivity contribution in [2.24, 2.45) is 0 Å². The SMILES string of the molecule is CCCNC1CCCC(OC(C)COCC)C1. The third kappa shape index (κ3) is 6.39. The molecule has 0 aromatic heterocycles. The molecule has 1 fully saturated rings. The molecule has 0 amide bonds. The van der Waals surface area contributed by atoms with Crippen LogP contribution in [0.2, 0.25) is 0 Å². The maximum absolute atomic E-state index is 6.04. The highest BCUT2D eigenvalue weighted by atomic mass is 16.5. The molecule has 0 bridgehead atoms. The molecule has 3 heteroatoms. The summed E-state index contributed by atoms with van der Waals surface area (Å²) < 4.78 is 11.4. The van der Waals surface area contributed by atoms with Gasteiger partial charge in [-0.05, 0) is 52.5 Å². The monoisotopic (exact) mass is 243 g/mol. The average Bonchev–Trinajstić information content (AvgIpc) is 2.34. The van der Waals surface area contributed by atoms with Crippen molar-refractivity contribution in [2.75, 3.05) is 19.8 Å². The second kappa shape index (κ2) is 8.90. The van der Waals surface area contributed by atoms with Crippen molar-refractivity contribution < 1.29 is 9.47 Å². The van der Waals surface area contributed by atoms with Crippen molar-refractivity contribution in [3.63, 3.8) is 0 Å². The summed E-state index contributed by atoms with van der Waals surface area (Å²) in [5.41, 5.74) is 0. The summed E-state index contributed by atoms with van der Waals surface area (Å²) in [6.45, 7) is 8.98. The number of hydrogen-bond donors (Lipinski definition) is 1. The standard InChI is InChI=1S/C14H29NO2/c1-4-9-15-13-7-6-8-14(10-13)17-12(3)11-16-5-2/h12-15H,4-11H2,1-3H3. The van der Waals surface area contributed by atoms with E-state index in [9.17, 15) is 0 Å². The first-order valence-corrected chi connectivity index (χ1v) is 7.22. The lowest BCUT2D eigenvalue weighted by Crippen LogP contribution is -2.38. The minimum absolute atomic E-state index is 0.227. The van der Waals surface area contributed by atoms with Crippen LogP contribution in [-0.2, 0) is 9.47 Å². The predicted octanol–water partition coefficient (Wildman–Crippen LogP) is 2.74. The largest absolute Gasteiger partial charge is 0.379 e. The molecular weight excluding hydrogens is 214 g/mol. The van der Waals surface area contributed by atoms with Gasteiger partial charge in [0.15, 0.2) is 0 Å². The van der Waals surface area contributed by atoms with Gasteiger partial charge in [-0.2, -0.15) is 0 Å². The van der Waals surface area contributed by atoms with Gasteiger partial charge in [-0.15, -0.1) is 0 Å². The maximum atomic E-state index is 6.04. The lowest BCUT2D eigenvalue weighted by molar-refractivity contribution is -0.0621.